The number of hydrogen-bond acceptors (Lipinski definition) is 5. The van der Waals surface area contributed by atoms with Gasteiger partial charge in [0.15, 0.2) is 5.79 Å². The molecular formula is C44H84O5S. The molecule has 1 saturated heterocycles. The molecule has 6 heteroatoms. The Morgan fingerprint density at radius 1 is 0.740 bits per heavy atom. The Morgan fingerprint density at radius 2 is 1.38 bits per heavy atom. The number of hydrogen-bond donors (Lipinski definition) is 0. The van der Waals surface area contributed by atoms with Gasteiger partial charge in [-0.25, -0.2) is 0 Å². The van der Waals surface area contributed by atoms with Gasteiger partial charge in [-0.2, -0.15) is 8.42 Å². The summed E-state index contributed by atoms with van der Waals surface area (Å²) in [5.41, 5.74) is 0. The van der Waals surface area contributed by atoms with E-state index in [4.69, 9.17) is 13.7 Å². The lowest BCUT2D eigenvalue weighted by Crippen LogP contribution is -2.43. The lowest BCUT2D eigenvalue weighted by atomic mass is 9.67. The van der Waals surface area contributed by atoms with Crippen molar-refractivity contribution in [1.82, 2.24) is 0 Å². The molecule has 0 radical (unpaired) electrons. The zero-order chi connectivity index (χ0) is 36.7. The minimum absolute atomic E-state index is 0.0823. The van der Waals surface area contributed by atoms with Gasteiger partial charge in [0, 0.05) is 19.3 Å². The smallest absolute Gasteiger partial charge is 0.264 e. The van der Waals surface area contributed by atoms with Crippen LogP contribution in [0, 0.1) is 59.2 Å². The van der Waals surface area contributed by atoms with E-state index in [2.05, 4.69) is 55.4 Å². The summed E-state index contributed by atoms with van der Waals surface area (Å²) in [6, 6.07) is 0. The molecule has 0 amide bonds. The monoisotopic (exact) mass is 725 g/mol. The molecule has 0 bridgehead atoms. The van der Waals surface area contributed by atoms with E-state index in [1.54, 1.807) is 0 Å². The van der Waals surface area contributed by atoms with Crippen molar-refractivity contribution in [3.05, 3.63) is 0 Å². The molecule has 1 spiro atoms. The van der Waals surface area contributed by atoms with Crippen LogP contribution in [0.1, 0.15) is 190 Å². The van der Waals surface area contributed by atoms with Gasteiger partial charge in [-0.05, 0) is 72.0 Å². The van der Waals surface area contributed by atoms with Gasteiger partial charge in [-0.1, -0.05) is 158 Å². The van der Waals surface area contributed by atoms with Crippen molar-refractivity contribution in [1.29, 1.82) is 0 Å². The van der Waals surface area contributed by atoms with Crippen LogP contribution < -0.4 is 0 Å². The Hall–Kier alpha value is -0.170. The molecule has 3 aliphatic rings. The zero-order valence-electron chi connectivity index (χ0n) is 34.6. The highest BCUT2D eigenvalue weighted by molar-refractivity contribution is 7.85. The number of rotatable bonds is 13. The van der Waals surface area contributed by atoms with Crippen LogP contribution in [-0.4, -0.2) is 39.8 Å². The van der Waals surface area contributed by atoms with E-state index in [0.29, 0.717) is 24.9 Å². The summed E-state index contributed by atoms with van der Waals surface area (Å²) in [7, 11) is -3.43. The van der Waals surface area contributed by atoms with Crippen LogP contribution >= 0.6 is 0 Å². The summed E-state index contributed by atoms with van der Waals surface area (Å²) in [5.74, 6) is 7.44. The van der Waals surface area contributed by atoms with Crippen LogP contribution in [0.5, 0.6) is 0 Å². The predicted octanol–water partition coefficient (Wildman–Crippen LogP) is 12.6. The maximum absolute atomic E-state index is 11.5. The van der Waals surface area contributed by atoms with Crippen LogP contribution in [0.4, 0.5) is 0 Å². The Labute approximate surface area is 312 Å². The first kappa shape index (κ1) is 44.2. The summed E-state index contributed by atoms with van der Waals surface area (Å²) < 4.78 is 41.0. The third-order valence-electron chi connectivity index (χ3n) is 13.5. The SMILES string of the molecule is CC(C)CCCC(C)C1CCC(C)CCCC(C)C2CC3(CCC2CCCC(C)CCCC1CCCC(C)C)OCC(CCOS(C)(=O)=O)O3. The number of ether oxygens (including phenoxy) is 2. The second-order valence-corrected chi connectivity index (χ2v) is 20.7. The van der Waals surface area contributed by atoms with Crippen molar-refractivity contribution < 1.29 is 22.1 Å². The van der Waals surface area contributed by atoms with Crippen molar-refractivity contribution in [2.24, 2.45) is 59.2 Å². The van der Waals surface area contributed by atoms with Crippen LogP contribution in [0.2, 0.25) is 0 Å². The first-order chi connectivity index (χ1) is 23.7. The van der Waals surface area contributed by atoms with E-state index in [0.717, 1.165) is 66.4 Å². The van der Waals surface area contributed by atoms with Crippen molar-refractivity contribution in [2.75, 3.05) is 19.5 Å². The molecule has 5 nitrogen and oxygen atoms in total. The van der Waals surface area contributed by atoms with Crippen LogP contribution in [-0.2, 0) is 23.8 Å². The first-order valence-electron chi connectivity index (χ1n) is 21.8. The van der Waals surface area contributed by atoms with Gasteiger partial charge in [-0.3, -0.25) is 4.18 Å². The number of fused-ring (bicyclic) bond motifs is 1. The molecule has 0 aromatic heterocycles. The highest BCUT2D eigenvalue weighted by Gasteiger charge is 2.48. The lowest BCUT2D eigenvalue weighted by Gasteiger charge is -2.44. The minimum atomic E-state index is -3.43. The highest BCUT2D eigenvalue weighted by atomic mass is 32.2. The molecule has 50 heavy (non-hydrogen) atoms. The van der Waals surface area contributed by atoms with Crippen LogP contribution in [0.3, 0.4) is 0 Å². The molecule has 2 aliphatic carbocycles. The normalized spacial score (nSPS) is 35.2. The molecule has 0 aromatic carbocycles. The molecule has 296 valence electrons. The molecule has 0 N–H and O–H groups in total. The quantitative estimate of drug-likeness (QED) is 0.177. The van der Waals surface area contributed by atoms with Crippen LogP contribution in [0.15, 0.2) is 0 Å². The van der Waals surface area contributed by atoms with Crippen LogP contribution in [0.25, 0.3) is 0 Å². The standard InChI is InChI=1S/C44H84O5S/c1-33(2)15-10-20-37(7)42-26-25-36(6)17-12-21-38(8)43-31-44(47-32-41(49-44)28-30-48-50(9,45)46)29-27-40(43)24-14-19-35(5)18-13-23-39(42)22-11-16-34(3)4/h33-43H,10-32H2,1-9H3. The van der Waals surface area contributed by atoms with Gasteiger partial charge in [0.25, 0.3) is 10.1 Å². The van der Waals surface area contributed by atoms with Gasteiger partial charge in [0.05, 0.1) is 25.6 Å². The fourth-order valence-corrected chi connectivity index (χ4v) is 10.6. The van der Waals surface area contributed by atoms with Crippen molar-refractivity contribution in [2.45, 2.75) is 202 Å². The average molecular weight is 725 g/mol. The molecule has 3 rings (SSSR count). The van der Waals surface area contributed by atoms with Gasteiger partial charge < -0.3 is 9.47 Å². The fraction of sp³-hybridized carbons (Fsp3) is 1.00. The van der Waals surface area contributed by atoms with Crippen molar-refractivity contribution in [3.63, 3.8) is 0 Å². The minimum Gasteiger partial charge on any atom is -0.347 e. The third-order valence-corrected chi connectivity index (χ3v) is 14.1. The Balaban J connectivity index is 1.67. The molecule has 3 fully saturated rings. The molecule has 10 atom stereocenters. The average Bonchev–Trinajstić information content (AvgIpc) is 3.41. The largest absolute Gasteiger partial charge is 0.347 e. The van der Waals surface area contributed by atoms with E-state index in [1.165, 1.54) is 116 Å². The van der Waals surface area contributed by atoms with Gasteiger partial charge in [-0.15, -0.1) is 0 Å². The van der Waals surface area contributed by atoms with Gasteiger partial charge >= 0.3 is 0 Å². The summed E-state index contributed by atoms with van der Waals surface area (Å²) in [4.78, 5) is 0. The maximum Gasteiger partial charge on any atom is 0.264 e. The highest BCUT2D eigenvalue weighted by Crippen LogP contribution is 2.49. The lowest BCUT2D eigenvalue weighted by molar-refractivity contribution is -0.209. The van der Waals surface area contributed by atoms with E-state index >= 15 is 0 Å². The van der Waals surface area contributed by atoms with Gasteiger partial charge in [0.2, 0.25) is 0 Å². The van der Waals surface area contributed by atoms with E-state index in [-0.39, 0.29) is 12.7 Å². The summed E-state index contributed by atoms with van der Waals surface area (Å²) in [6.07, 6.45) is 28.3. The first-order valence-corrected chi connectivity index (χ1v) is 23.6. The molecule has 10 unspecified atom stereocenters. The van der Waals surface area contributed by atoms with E-state index < -0.39 is 15.9 Å². The Morgan fingerprint density at radius 3 is 2.06 bits per heavy atom. The topological polar surface area (TPSA) is 61.8 Å². The zero-order valence-corrected chi connectivity index (χ0v) is 35.4. The molecule has 0 aromatic rings. The van der Waals surface area contributed by atoms with Crippen molar-refractivity contribution in [3.8, 4) is 0 Å². The summed E-state index contributed by atoms with van der Waals surface area (Å²) in [5, 5.41) is 0. The van der Waals surface area contributed by atoms with Gasteiger partial charge in [0.1, 0.15) is 0 Å². The second kappa shape index (κ2) is 22.3. The Kier molecular flexibility index (Phi) is 19.7. The van der Waals surface area contributed by atoms with E-state index in [1.807, 2.05) is 0 Å². The molecule has 1 heterocycles. The molecular weight excluding hydrogens is 641 g/mol. The molecule has 1 aliphatic heterocycles. The fourth-order valence-electron chi connectivity index (χ4n) is 10.2. The summed E-state index contributed by atoms with van der Waals surface area (Å²) >= 11 is 0. The molecule has 2 saturated carbocycles. The maximum atomic E-state index is 11.5. The Bertz CT molecular complexity index is 1010. The van der Waals surface area contributed by atoms with E-state index in [9.17, 15) is 8.42 Å². The summed E-state index contributed by atoms with van der Waals surface area (Å²) in [6.45, 7) is 20.5. The predicted molar refractivity (Wildman–Crippen MR) is 212 cm³/mol. The third kappa shape index (κ3) is 16.5. The second-order valence-electron chi connectivity index (χ2n) is 19.1. The van der Waals surface area contributed by atoms with Crippen molar-refractivity contribution >= 4 is 10.1 Å².